The third-order valence-electron chi connectivity index (χ3n) is 5.20. The minimum absolute atomic E-state index is 0.00437. The number of rotatable bonds is 3. The summed E-state index contributed by atoms with van der Waals surface area (Å²) in [5.74, 6) is -1.93. The Morgan fingerprint density at radius 3 is 2.52 bits per heavy atom. The van der Waals surface area contributed by atoms with Crippen molar-refractivity contribution in [3.8, 4) is 11.5 Å². The van der Waals surface area contributed by atoms with Gasteiger partial charge in [-0.3, -0.25) is 4.79 Å². The van der Waals surface area contributed by atoms with Gasteiger partial charge < -0.3 is 9.42 Å². The molecule has 1 aliphatic heterocycles. The molecule has 2 aromatic carbocycles. The average Bonchev–Trinajstić information content (AvgIpc) is 3.18. The number of carbonyl (C=O) groups is 1. The van der Waals surface area contributed by atoms with E-state index < -0.39 is 17.5 Å². The predicted octanol–water partition coefficient (Wildman–Crippen LogP) is 4.56. The average molecular weight is 401 g/mol. The summed E-state index contributed by atoms with van der Waals surface area (Å²) in [6.45, 7) is 2.31. The molecule has 0 radical (unpaired) electrons. The zero-order valence-corrected chi connectivity index (χ0v) is 15.6. The third kappa shape index (κ3) is 3.87. The molecule has 150 valence electrons. The van der Waals surface area contributed by atoms with Crippen molar-refractivity contribution in [2.45, 2.75) is 31.7 Å². The second-order valence-corrected chi connectivity index (χ2v) is 7.17. The van der Waals surface area contributed by atoms with Crippen LogP contribution < -0.4 is 0 Å². The quantitative estimate of drug-likeness (QED) is 0.646. The largest absolute Gasteiger partial charge is 0.335 e. The van der Waals surface area contributed by atoms with Crippen molar-refractivity contribution >= 4 is 5.91 Å². The van der Waals surface area contributed by atoms with Gasteiger partial charge in [-0.1, -0.05) is 5.16 Å². The molecule has 0 spiro atoms. The van der Waals surface area contributed by atoms with Crippen LogP contribution in [0.1, 0.15) is 41.9 Å². The Bertz CT molecular complexity index is 1040. The monoisotopic (exact) mass is 401 g/mol. The van der Waals surface area contributed by atoms with Crippen molar-refractivity contribution in [2.75, 3.05) is 6.54 Å². The molecular formula is C21H18F3N3O2. The number of aromatic nitrogens is 2. The van der Waals surface area contributed by atoms with Gasteiger partial charge in [-0.2, -0.15) is 4.98 Å². The number of amides is 1. The Kier molecular flexibility index (Phi) is 5.08. The summed E-state index contributed by atoms with van der Waals surface area (Å²) in [5.41, 5.74) is 0.426. The molecule has 2 unspecified atom stereocenters. The van der Waals surface area contributed by atoms with E-state index in [1.165, 1.54) is 30.3 Å². The molecule has 1 aromatic heterocycles. The van der Waals surface area contributed by atoms with Crippen molar-refractivity contribution in [3.05, 3.63) is 71.3 Å². The Morgan fingerprint density at radius 1 is 1.07 bits per heavy atom. The third-order valence-corrected chi connectivity index (χ3v) is 5.20. The summed E-state index contributed by atoms with van der Waals surface area (Å²) in [6.07, 6.45) is 1.46. The van der Waals surface area contributed by atoms with Gasteiger partial charge in [-0.25, -0.2) is 13.2 Å². The highest BCUT2D eigenvalue weighted by Crippen LogP contribution is 2.31. The van der Waals surface area contributed by atoms with Gasteiger partial charge in [0.25, 0.3) is 11.8 Å². The minimum Gasteiger partial charge on any atom is -0.335 e. The Balaban J connectivity index is 1.54. The van der Waals surface area contributed by atoms with Gasteiger partial charge in [0, 0.05) is 30.1 Å². The smallest absolute Gasteiger partial charge is 0.260 e. The van der Waals surface area contributed by atoms with E-state index >= 15 is 0 Å². The van der Waals surface area contributed by atoms with E-state index in [9.17, 15) is 18.0 Å². The summed E-state index contributed by atoms with van der Waals surface area (Å²) in [4.78, 5) is 18.8. The van der Waals surface area contributed by atoms with E-state index in [0.717, 1.165) is 25.0 Å². The first-order valence-electron chi connectivity index (χ1n) is 9.28. The van der Waals surface area contributed by atoms with Gasteiger partial charge in [-0.05, 0) is 56.2 Å². The standard InChI is InChI=1S/C21H18F3N3O2/c1-12-2-3-14(11-27(12)21(28)13-4-6-15(22)7-5-13)19-25-20(29-26-19)17-9-8-16(23)10-18(17)24/h4-10,12,14H,2-3,11H2,1H3. The van der Waals surface area contributed by atoms with Gasteiger partial charge in [0.05, 0.1) is 5.56 Å². The first-order valence-corrected chi connectivity index (χ1v) is 9.28. The first kappa shape index (κ1) is 19.2. The normalized spacial score (nSPS) is 19.4. The van der Waals surface area contributed by atoms with Crippen LogP contribution in [0.3, 0.4) is 0 Å². The van der Waals surface area contributed by atoms with Crippen molar-refractivity contribution in [2.24, 2.45) is 0 Å². The lowest BCUT2D eigenvalue weighted by Gasteiger charge is -2.37. The highest BCUT2D eigenvalue weighted by molar-refractivity contribution is 5.94. The second-order valence-electron chi connectivity index (χ2n) is 7.17. The lowest BCUT2D eigenvalue weighted by molar-refractivity contribution is 0.0604. The number of carbonyl (C=O) groups excluding carboxylic acids is 1. The van der Waals surface area contributed by atoms with Gasteiger partial charge in [0.1, 0.15) is 17.5 Å². The van der Waals surface area contributed by atoms with Gasteiger partial charge >= 0.3 is 0 Å². The SMILES string of the molecule is CC1CCC(c2noc(-c3ccc(F)cc3F)n2)CN1C(=O)c1ccc(F)cc1. The fourth-order valence-corrected chi connectivity index (χ4v) is 3.53. The molecule has 1 fully saturated rings. The maximum atomic E-state index is 14.0. The lowest BCUT2D eigenvalue weighted by atomic mass is 9.92. The van der Waals surface area contributed by atoms with Gasteiger partial charge in [0.2, 0.25) is 0 Å². The summed E-state index contributed by atoms with van der Waals surface area (Å²) in [6, 6.07) is 8.54. The molecule has 0 bridgehead atoms. The highest BCUT2D eigenvalue weighted by Gasteiger charge is 2.33. The minimum atomic E-state index is -0.786. The van der Waals surface area contributed by atoms with Crippen LogP contribution in [0.25, 0.3) is 11.5 Å². The Labute approximate surface area is 165 Å². The van der Waals surface area contributed by atoms with Crippen LogP contribution in [0.4, 0.5) is 13.2 Å². The fraction of sp³-hybridized carbons (Fsp3) is 0.286. The van der Waals surface area contributed by atoms with E-state index in [4.69, 9.17) is 4.52 Å². The number of nitrogens with zero attached hydrogens (tertiary/aromatic N) is 3. The van der Waals surface area contributed by atoms with Crippen molar-refractivity contribution in [1.29, 1.82) is 0 Å². The van der Waals surface area contributed by atoms with Crippen LogP contribution in [0.15, 0.2) is 47.0 Å². The first-order chi connectivity index (χ1) is 13.9. The molecule has 0 N–H and O–H groups in total. The van der Waals surface area contributed by atoms with Crippen LogP contribution in [0.2, 0.25) is 0 Å². The predicted molar refractivity (Wildman–Crippen MR) is 98.5 cm³/mol. The summed E-state index contributed by atoms with van der Waals surface area (Å²) in [5, 5.41) is 3.95. The molecule has 5 nitrogen and oxygen atoms in total. The molecule has 4 rings (SSSR count). The highest BCUT2D eigenvalue weighted by atomic mass is 19.1. The zero-order valence-electron chi connectivity index (χ0n) is 15.6. The number of halogens is 3. The topological polar surface area (TPSA) is 59.2 Å². The van der Waals surface area contributed by atoms with E-state index in [-0.39, 0.29) is 29.3 Å². The number of benzene rings is 2. The maximum Gasteiger partial charge on any atom is 0.260 e. The molecule has 1 aliphatic rings. The maximum absolute atomic E-state index is 14.0. The molecule has 1 saturated heterocycles. The molecule has 2 atom stereocenters. The number of hydrogen-bond acceptors (Lipinski definition) is 4. The summed E-state index contributed by atoms with van der Waals surface area (Å²) < 4.78 is 45.4. The Hall–Kier alpha value is -3.16. The molecule has 29 heavy (non-hydrogen) atoms. The van der Waals surface area contributed by atoms with Gasteiger partial charge in [-0.15, -0.1) is 0 Å². The van der Waals surface area contributed by atoms with E-state index in [0.29, 0.717) is 17.9 Å². The molecule has 1 amide bonds. The number of hydrogen-bond donors (Lipinski definition) is 0. The number of piperidine rings is 1. The van der Waals surface area contributed by atoms with E-state index in [1.807, 2.05) is 6.92 Å². The fourth-order valence-electron chi connectivity index (χ4n) is 3.53. The van der Waals surface area contributed by atoms with Crippen molar-refractivity contribution in [1.82, 2.24) is 15.0 Å². The molecule has 0 aliphatic carbocycles. The molecule has 8 heteroatoms. The van der Waals surface area contributed by atoms with Gasteiger partial charge in [0.15, 0.2) is 5.82 Å². The van der Waals surface area contributed by atoms with Crippen molar-refractivity contribution in [3.63, 3.8) is 0 Å². The molecule has 3 aromatic rings. The van der Waals surface area contributed by atoms with Crippen LogP contribution in [0.5, 0.6) is 0 Å². The Morgan fingerprint density at radius 2 is 1.79 bits per heavy atom. The van der Waals surface area contributed by atoms with E-state index in [1.54, 1.807) is 4.90 Å². The zero-order chi connectivity index (χ0) is 20.5. The van der Waals surface area contributed by atoms with Crippen molar-refractivity contribution < 1.29 is 22.5 Å². The summed E-state index contributed by atoms with van der Waals surface area (Å²) >= 11 is 0. The van der Waals surface area contributed by atoms with Crippen LogP contribution in [-0.2, 0) is 0 Å². The molecular weight excluding hydrogens is 383 g/mol. The summed E-state index contributed by atoms with van der Waals surface area (Å²) in [7, 11) is 0. The molecule has 0 saturated carbocycles. The second kappa shape index (κ2) is 7.69. The van der Waals surface area contributed by atoms with Crippen LogP contribution in [0, 0.1) is 17.5 Å². The van der Waals surface area contributed by atoms with E-state index in [2.05, 4.69) is 10.1 Å². The number of likely N-dealkylation sites (tertiary alicyclic amines) is 1. The van der Waals surface area contributed by atoms with Crippen LogP contribution in [-0.4, -0.2) is 33.5 Å². The molecule has 2 heterocycles. The van der Waals surface area contributed by atoms with Crippen LogP contribution >= 0.6 is 0 Å². The lowest BCUT2D eigenvalue weighted by Crippen LogP contribution is -2.45.